The molecule has 0 aliphatic rings. The first-order chi connectivity index (χ1) is 4.70. The standard InChI is InChI=1S/C5H4ClNO3/c1-3-4(2-7-10-3)9-5(6)8/h2H,1H3. The van der Waals surface area contributed by atoms with Crippen LogP contribution in [-0.2, 0) is 0 Å². The van der Waals surface area contributed by atoms with Gasteiger partial charge >= 0.3 is 5.43 Å². The lowest BCUT2D eigenvalue weighted by atomic mass is 10.5. The Balaban J connectivity index is 2.74. The fourth-order valence-electron chi connectivity index (χ4n) is 0.474. The van der Waals surface area contributed by atoms with Gasteiger partial charge in [-0.15, -0.1) is 0 Å². The van der Waals surface area contributed by atoms with E-state index < -0.39 is 5.43 Å². The lowest BCUT2D eigenvalue weighted by Crippen LogP contribution is -1.95. The first kappa shape index (κ1) is 7.08. The summed E-state index contributed by atoms with van der Waals surface area (Å²) >= 11 is 4.91. The van der Waals surface area contributed by atoms with Crippen molar-refractivity contribution in [3.05, 3.63) is 12.0 Å². The van der Waals surface area contributed by atoms with Crippen LogP contribution in [-0.4, -0.2) is 10.6 Å². The van der Waals surface area contributed by atoms with Crippen LogP contribution in [0.1, 0.15) is 5.76 Å². The van der Waals surface area contributed by atoms with Crippen molar-refractivity contribution in [2.45, 2.75) is 6.92 Å². The van der Waals surface area contributed by atoms with Crippen molar-refractivity contribution in [2.75, 3.05) is 0 Å². The monoisotopic (exact) mass is 161 g/mol. The highest BCUT2D eigenvalue weighted by atomic mass is 35.5. The fraction of sp³-hybridized carbons (Fsp3) is 0.200. The van der Waals surface area contributed by atoms with E-state index in [2.05, 4.69) is 14.4 Å². The Morgan fingerprint density at radius 3 is 3.00 bits per heavy atom. The summed E-state index contributed by atoms with van der Waals surface area (Å²) in [6, 6.07) is 0. The average Bonchev–Trinajstić information content (AvgIpc) is 2.15. The van der Waals surface area contributed by atoms with Crippen molar-refractivity contribution < 1.29 is 14.1 Å². The zero-order chi connectivity index (χ0) is 7.56. The summed E-state index contributed by atoms with van der Waals surface area (Å²) in [7, 11) is 0. The molecule has 0 fully saturated rings. The maximum atomic E-state index is 10.1. The molecule has 0 aromatic carbocycles. The van der Waals surface area contributed by atoms with Gasteiger partial charge in [0.05, 0.1) is 0 Å². The largest absolute Gasteiger partial charge is 0.409 e. The molecule has 1 heterocycles. The quantitative estimate of drug-likeness (QED) is 0.589. The van der Waals surface area contributed by atoms with Crippen molar-refractivity contribution in [1.82, 2.24) is 5.16 Å². The lowest BCUT2D eigenvalue weighted by molar-refractivity contribution is 0.224. The normalized spacial score (nSPS) is 9.40. The fourth-order valence-corrected chi connectivity index (χ4v) is 0.557. The van der Waals surface area contributed by atoms with Crippen LogP contribution in [0.15, 0.2) is 10.7 Å². The molecule has 0 aliphatic carbocycles. The van der Waals surface area contributed by atoms with Crippen LogP contribution >= 0.6 is 11.6 Å². The number of aryl methyl sites for hydroxylation is 1. The number of aromatic nitrogens is 1. The van der Waals surface area contributed by atoms with Gasteiger partial charge in [0.15, 0.2) is 11.5 Å². The van der Waals surface area contributed by atoms with E-state index in [0.717, 1.165) is 0 Å². The molecule has 10 heavy (non-hydrogen) atoms. The van der Waals surface area contributed by atoms with Crippen molar-refractivity contribution in [3.8, 4) is 5.75 Å². The second kappa shape index (κ2) is 2.70. The number of rotatable bonds is 1. The van der Waals surface area contributed by atoms with E-state index >= 15 is 0 Å². The molecule has 1 aromatic heterocycles. The maximum absolute atomic E-state index is 10.1. The predicted octanol–water partition coefficient (Wildman–Crippen LogP) is 1.72. The molecule has 1 aromatic rings. The molecular weight excluding hydrogens is 158 g/mol. The number of nitrogens with zero attached hydrogens (tertiary/aromatic N) is 1. The minimum atomic E-state index is -0.897. The highest BCUT2D eigenvalue weighted by molar-refractivity contribution is 6.61. The van der Waals surface area contributed by atoms with Gasteiger partial charge in [0.2, 0.25) is 0 Å². The van der Waals surface area contributed by atoms with E-state index in [4.69, 9.17) is 11.6 Å². The van der Waals surface area contributed by atoms with Crippen molar-refractivity contribution >= 4 is 17.0 Å². The van der Waals surface area contributed by atoms with Gasteiger partial charge in [-0.05, 0) is 0 Å². The molecule has 0 bridgehead atoms. The maximum Gasteiger partial charge on any atom is 0.409 e. The molecule has 0 aliphatic heterocycles. The predicted molar refractivity (Wildman–Crippen MR) is 33.1 cm³/mol. The summed E-state index contributed by atoms with van der Waals surface area (Å²) < 4.78 is 9.03. The van der Waals surface area contributed by atoms with Crippen LogP contribution in [0.5, 0.6) is 5.75 Å². The zero-order valence-electron chi connectivity index (χ0n) is 5.13. The van der Waals surface area contributed by atoms with Crippen LogP contribution in [0.25, 0.3) is 0 Å². The molecule has 0 N–H and O–H groups in total. The molecule has 0 amide bonds. The number of carbonyl (C=O) groups is 1. The highest BCUT2D eigenvalue weighted by Crippen LogP contribution is 2.16. The van der Waals surface area contributed by atoms with Gasteiger partial charge in [0.25, 0.3) is 0 Å². The van der Waals surface area contributed by atoms with Crippen LogP contribution in [0.4, 0.5) is 4.79 Å². The second-order valence-electron chi connectivity index (χ2n) is 1.59. The molecule has 4 nitrogen and oxygen atoms in total. The molecule has 5 heteroatoms. The summed E-state index contributed by atoms with van der Waals surface area (Å²) in [5, 5.41) is 3.36. The van der Waals surface area contributed by atoms with Gasteiger partial charge in [0, 0.05) is 18.5 Å². The zero-order valence-corrected chi connectivity index (χ0v) is 5.88. The van der Waals surface area contributed by atoms with Gasteiger partial charge in [-0.25, -0.2) is 4.79 Å². The van der Waals surface area contributed by atoms with Gasteiger partial charge in [0.1, 0.15) is 6.20 Å². The summed E-state index contributed by atoms with van der Waals surface area (Å²) in [6.45, 7) is 1.61. The third-order valence-electron chi connectivity index (χ3n) is 0.897. The Bertz CT molecular complexity index is 245. The third-order valence-corrected chi connectivity index (χ3v) is 0.974. The minimum absolute atomic E-state index is 0.250. The Labute approximate surface area is 61.7 Å². The van der Waals surface area contributed by atoms with E-state index in [1.165, 1.54) is 6.20 Å². The van der Waals surface area contributed by atoms with E-state index in [-0.39, 0.29) is 5.75 Å². The summed E-state index contributed by atoms with van der Waals surface area (Å²) in [5.74, 6) is 0.675. The van der Waals surface area contributed by atoms with Crippen molar-refractivity contribution in [1.29, 1.82) is 0 Å². The topological polar surface area (TPSA) is 52.3 Å². The molecule has 0 spiro atoms. The molecular formula is C5H4ClNO3. The van der Waals surface area contributed by atoms with Crippen molar-refractivity contribution in [2.24, 2.45) is 0 Å². The average molecular weight is 162 g/mol. The number of carbonyl (C=O) groups excluding carboxylic acids is 1. The number of halogens is 1. The second-order valence-corrected chi connectivity index (χ2v) is 1.89. The highest BCUT2D eigenvalue weighted by Gasteiger charge is 2.06. The van der Waals surface area contributed by atoms with Crippen LogP contribution < -0.4 is 4.74 Å². The Hall–Kier alpha value is -1.03. The first-order valence-electron chi connectivity index (χ1n) is 2.48. The molecule has 0 unspecified atom stereocenters. The van der Waals surface area contributed by atoms with Crippen molar-refractivity contribution in [3.63, 3.8) is 0 Å². The van der Waals surface area contributed by atoms with E-state index in [1.807, 2.05) is 0 Å². The van der Waals surface area contributed by atoms with Gasteiger partial charge in [-0.1, -0.05) is 5.16 Å². The first-order valence-corrected chi connectivity index (χ1v) is 2.86. The van der Waals surface area contributed by atoms with Crippen LogP contribution in [0.3, 0.4) is 0 Å². The van der Waals surface area contributed by atoms with Gasteiger partial charge < -0.3 is 9.26 Å². The van der Waals surface area contributed by atoms with Crippen LogP contribution in [0.2, 0.25) is 0 Å². The molecule has 0 saturated carbocycles. The Morgan fingerprint density at radius 2 is 2.60 bits per heavy atom. The number of ether oxygens (including phenoxy) is 1. The van der Waals surface area contributed by atoms with Gasteiger partial charge in [-0.3, -0.25) is 0 Å². The summed E-state index contributed by atoms with van der Waals surface area (Å²) in [4.78, 5) is 10.1. The number of hydrogen-bond donors (Lipinski definition) is 0. The SMILES string of the molecule is Cc1oncc1OC(=O)Cl. The molecule has 0 radical (unpaired) electrons. The summed E-state index contributed by atoms with van der Waals surface area (Å²) in [6.07, 6.45) is 1.27. The smallest absolute Gasteiger partial charge is 0.409 e. The lowest BCUT2D eigenvalue weighted by Gasteiger charge is -1.91. The minimum Gasteiger partial charge on any atom is -0.409 e. The molecule has 0 saturated heterocycles. The van der Waals surface area contributed by atoms with Crippen LogP contribution in [0, 0.1) is 6.92 Å². The van der Waals surface area contributed by atoms with E-state index in [1.54, 1.807) is 6.92 Å². The van der Waals surface area contributed by atoms with Gasteiger partial charge in [-0.2, -0.15) is 0 Å². The van der Waals surface area contributed by atoms with E-state index in [0.29, 0.717) is 5.76 Å². The Morgan fingerprint density at radius 1 is 1.90 bits per heavy atom. The van der Waals surface area contributed by atoms with E-state index in [9.17, 15) is 4.79 Å². The Kier molecular flexibility index (Phi) is 1.91. The number of hydrogen-bond acceptors (Lipinski definition) is 4. The third kappa shape index (κ3) is 1.48. The molecule has 1 rings (SSSR count). The molecule has 54 valence electrons. The molecule has 0 atom stereocenters. The summed E-state index contributed by atoms with van der Waals surface area (Å²) in [5.41, 5.74) is -0.897.